The van der Waals surface area contributed by atoms with Gasteiger partial charge < -0.3 is 18.9 Å². The summed E-state index contributed by atoms with van der Waals surface area (Å²) in [5, 5.41) is 22.7. The first-order chi connectivity index (χ1) is 22.5. The average Bonchev–Trinajstić information content (AvgIpc) is 3.34. The van der Waals surface area contributed by atoms with E-state index in [1.54, 1.807) is 56.3 Å². The first kappa shape index (κ1) is 33.0. The molecule has 3 aromatic carbocycles. The fourth-order valence-corrected chi connectivity index (χ4v) is 6.55. The molecule has 1 aliphatic heterocycles. The van der Waals surface area contributed by atoms with Crippen LogP contribution in [0.25, 0.3) is 6.08 Å². The summed E-state index contributed by atoms with van der Waals surface area (Å²) >= 11 is 4.68. The number of carbonyl (C=O) groups is 1. The zero-order valence-electron chi connectivity index (χ0n) is 25.2. The molecule has 1 aromatic heterocycles. The van der Waals surface area contributed by atoms with E-state index in [9.17, 15) is 29.8 Å². The van der Waals surface area contributed by atoms with Crippen molar-refractivity contribution in [2.75, 3.05) is 20.8 Å². The number of allylic oxidation sites excluding steroid dienone is 1. The van der Waals surface area contributed by atoms with E-state index in [0.717, 1.165) is 29.5 Å². The highest BCUT2D eigenvalue weighted by Crippen LogP contribution is 2.41. The molecule has 16 heteroatoms. The number of fused-ring (bicyclic) bond motifs is 1. The summed E-state index contributed by atoms with van der Waals surface area (Å²) in [6, 6.07) is 11.9. The van der Waals surface area contributed by atoms with Crippen molar-refractivity contribution in [1.82, 2.24) is 4.57 Å². The van der Waals surface area contributed by atoms with Crippen LogP contribution in [0.15, 0.2) is 80.1 Å². The van der Waals surface area contributed by atoms with Gasteiger partial charge in [0.2, 0.25) is 5.75 Å². The lowest BCUT2D eigenvalue weighted by atomic mass is 9.95. The van der Waals surface area contributed by atoms with Gasteiger partial charge in [-0.15, -0.1) is 0 Å². The molecule has 0 bridgehead atoms. The molecule has 5 rings (SSSR count). The lowest BCUT2D eigenvalue weighted by molar-refractivity contribution is -0.394. The number of thiazole rings is 1. The van der Waals surface area contributed by atoms with Crippen LogP contribution in [0.3, 0.4) is 0 Å². The summed E-state index contributed by atoms with van der Waals surface area (Å²) < 4.78 is 24.3. The molecule has 47 heavy (non-hydrogen) atoms. The van der Waals surface area contributed by atoms with Gasteiger partial charge in [-0.25, -0.2) is 9.79 Å². The van der Waals surface area contributed by atoms with Crippen LogP contribution in [0.1, 0.15) is 31.0 Å². The van der Waals surface area contributed by atoms with Gasteiger partial charge in [-0.3, -0.25) is 29.6 Å². The standard InChI is InChI=1S/C31H25BrN4O10S/c1-5-45-30(38)27-16(2)33-31-34(28(27)20-14-24(43-3)25(44-4)15-21(20)32)29(37)26(47-31)12-17-7-6-8-19(11-17)46-23-10-9-18(35(39)40)13-22(23)36(41)42/h6-15,28H,5H2,1-4H3/b26-12+/t28-/m1/s1. The molecule has 0 unspecified atom stereocenters. The van der Waals surface area contributed by atoms with Gasteiger partial charge in [0, 0.05) is 10.5 Å². The Labute approximate surface area is 278 Å². The van der Waals surface area contributed by atoms with E-state index in [0.29, 0.717) is 37.6 Å². The minimum Gasteiger partial charge on any atom is -0.493 e. The second-order valence-corrected chi connectivity index (χ2v) is 11.7. The van der Waals surface area contributed by atoms with Crippen LogP contribution < -0.4 is 29.1 Å². The quantitative estimate of drug-likeness (QED) is 0.120. The summed E-state index contributed by atoms with van der Waals surface area (Å²) in [5.74, 6) is 0.196. The molecule has 0 N–H and O–H groups in total. The van der Waals surface area contributed by atoms with Crippen molar-refractivity contribution in [3.8, 4) is 23.0 Å². The third kappa shape index (κ3) is 6.50. The molecule has 0 fully saturated rings. The maximum absolute atomic E-state index is 14.1. The Morgan fingerprint density at radius 1 is 1.04 bits per heavy atom. The van der Waals surface area contributed by atoms with Crippen LogP contribution in [0, 0.1) is 20.2 Å². The number of ether oxygens (including phenoxy) is 4. The molecule has 1 atom stereocenters. The number of esters is 1. The van der Waals surface area contributed by atoms with E-state index in [4.69, 9.17) is 18.9 Å². The highest BCUT2D eigenvalue weighted by atomic mass is 79.9. The van der Waals surface area contributed by atoms with Crippen molar-refractivity contribution in [3.63, 3.8) is 0 Å². The summed E-state index contributed by atoms with van der Waals surface area (Å²) in [5.41, 5.74) is 0.143. The first-order valence-corrected chi connectivity index (χ1v) is 15.4. The van der Waals surface area contributed by atoms with Crippen LogP contribution in [-0.2, 0) is 9.53 Å². The van der Waals surface area contributed by atoms with E-state index < -0.39 is 38.8 Å². The molecule has 1 aliphatic rings. The van der Waals surface area contributed by atoms with Crippen LogP contribution in [-0.4, -0.2) is 41.2 Å². The van der Waals surface area contributed by atoms with Crippen LogP contribution in [0.5, 0.6) is 23.0 Å². The number of rotatable bonds is 10. The lowest BCUT2D eigenvalue weighted by Gasteiger charge is -2.26. The lowest BCUT2D eigenvalue weighted by Crippen LogP contribution is -2.40. The van der Waals surface area contributed by atoms with Gasteiger partial charge in [-0.05, 0) is 61.4 Å². The van der Waals surface area contributed by atoms with Crippen molar-refractivity contribution in [2.24, 2.45) is 4.99 Å². The van der Waals surface area contributed by atoms with Crippen molar-refractivity contribution >= 4 is 50.7 Å². The van der Waals surface area contributed by atoms with Gasteiger partial charge in [0.1, 0.15) is 5.75 Å². The maximum Gasteiger partial charge on any atom is 0.338 e. The predicted octanol–water partition coefficient (Wildman–Crippen LogP) is 5.19. The van der Waals surface area contributed by atoms with Crippen LogP contribution >= 0.6 is 27.3 Å². The van der Waals surface area contributed by atoms with Crippen molar-refractivity contribution in [3.05, 3.63) is 121 Å². The van der Waals surface area contributed by atoms with Gasteiger partial charge in [0.25, 0.3) is 11.2 Å². The molecule has 0 saturated carbocycles. The summed E-state index contributed by atoms with van der Waals surface area (Å²) in [6.45, 7) is 3.46. The summed E-state index contributed by atoms with van der Waals surface area (Å²) in [6.07, 6.45) is 1.60. The molecule has 0 spiro atoms. The Morgan fingerprint density at radius 2 is 1.77 bits per heavy atom. The highest BCUT2D eigenvalue weighted by Gasteiger charge is 2.35. The fourth-order valence-electron chi connectivity index (χ4n) is 4.96. The number of carbonyl (C=O) groups excluding carboxylic acids is 1. The Kier molecular flexibility index (Phi) is 9.53. The number of benzene rings is 3. The molecular weight excluding hydrogens is 700 g/mol. The highest BCUT2D eigenvalue weighted by molar-refractivity contribution is 9.10. The molecule has 0 amide bonds. The molecule has 0 saturated heterocycles. The molecular formula is C31H25BrN4O10S. The van der Waals surface area contributed by atoms with Gasteiger partial charge in [-0.1, -0.05) is 39.4 Å². The third-order valence-electron chi connectivity index (χ3n) is 7.05. The minimum absolute atomic E-state index is 0.112. The third-order valence-corrected chi connectivity index (χ3v) is 8.72. The van der Waals surface area contributed by atoms with Gasteiger partial charge >= 0.3 is 11.7 Å². The molecule has 0 aliphatic carbocycles. The number of methoxy groups -OCH3 is 2. The molecule has 14 nitrogen and oxygen atoms in total. The molecule has 2 heterocycles. The van der Waals surface area contributed by atoms with Crippen LogP contribution in [0.2, 0.25) is 0 Å². The number of hydrogen-bond donors (Lipinski definition) is 0. The number of nitro benzene ring substituents is 2. The second-order valence-electron chi connectivity index (χ2n) is 9.87. The van der Waals surface area contributed by atoms with Gasteiger partial charge in [0.05, 0.1) is 58.6 Å². The number of aromatic nitrogens is 1. The van der Waals surface area contributed by atoms with Crippen molar-refractivity contribution < 1.29 is 33.6 Å². The number of hydrogen-bond acceptors (Lipinski definition) is 12. The zero-order valence-corrected chi connectivity index (χ0v) is 27.6. The first-order valence-electron chi connectivity index (χ1n) is 13.8. The molecule has 242 valence electrons. The van der Waals surface area contributed by atoms with E-state index in [1.165, 1.54) is 18.8 Å². The number of nitrogens with zero attached hydrogens (tertiary/aromatic N) is 4. The predicted molar refractivity (Wildman–Crippen MR) is 174 cm³/mol. The van der Waals surface area contributed by atoms with Crippen LogP contribution in [0.4, 0.5) is 11.4 Å². The minimum atomic E-state index is -0.931. The normalized spacial score (nSPS) is 14.2. The summed E-state index contributed by atoms with van der Waals surface area (Å²) in [7, 11) is 2.97. The Bertz CT molecular complexity index is 2160. The number of non-ortho nitro benzene ring substituents is 1. The van der Waals surface area contributed by atoms with Crippen molar-refractivity contribution in [1.29, 1.82) is 0 Å². The zero-order chi connectivity index (χ0) is 34.0. The van der Waals surface area contributed by atoms with E-state index in [1.807, 2.05) is 0 Å². The number of halogens is 1. The monoisotopic (exact) mass is 724 g/mol. The smallest absolute Gasteiger partial charge is 0.338 e. The fraction of sp³-hybridized carbons (Fsp3) is 0.194. The van der Waals surface area contributed by atoms with E-state index in [2.05, 4.69) is 20.9 Å². The SMILES string of the molecule is CCOC(=O)C1=C(C)N=c2s/c(=C/c3cccc(Oc4ccc([N+](=O)[O-])cc4[N+](=O)[O-])c3)c(=O)n2[C@@H]1c1cc(OC)c(OC)cc1Br. The van der Waals surface area contributed by atoms with E-state index in [-0.39, 0.29) is 28.2 Å². The maximum atomic E-state index is 14.1. The van der Waals surface area contributed by atoms with Gasteiger partial charge in [-0.2, -0.15) is 0 Å². The largest absolute Gasteiger partial charge is 0.493 e. The number of nitro groups is 2. The topological polar surface area (TPSA) is 175 Å². The Balaban J connectivity index is 1.62. The van der Waals surface area contributed by atoms with E-state index >= 15 is 0 Å². The van der Waals surface area contributed by atoms with Gasteiger partial charge in [0.15, 0.2) is 16.3 Å². The molecule has 0 radical (unpaired) electrons. The average molecular weight is 726 g/mol. The van der Waals surface area contributed by atoms with Crippen molar-refractivity contribution in [2.45, 2.75) is 19.9 Å². The Morgan fingerprint density at radius 3 is 2.43 bits per heavy atom. The summed E-state index contributed by atoms with van der Waals surface area (Å²) in [4.78, 5) is 53.5. The second kappa shape index (κ2) is 13.6. The Hall–Kier alpha value is -5.35. The molecule has 4 aromatic rings.